The van der Waals surface area contributed by atoms with E-state index < -0.39 is 18.0 Å². The van der Waals surface area contributed by atoms with E-state index in [1.165, 1.54) is 4.90 Å². The molecule has 2 saturated heterocycles. The van der Waals surface area contributed by atoms with Gasteiger partial charge in [-0.2, -0.15) is 0 Å². The van der Waals surface area contributed by atoms with Gasteiger partial charge < -0.3 is 26.2 Å². The Morgan fingerprint density at radius 1 is 1.50 bits per heavy atom. The Morgan fingerprint density at radius 2 is 2.19 bits per heavy atom. The second-order valence-electron chi connectivity index (χ2n) is 7.62. The van der Waals surface area contributed by atoms with Gasteiger partial charge >= 0.3 is 5.97 Å². The fourth-order valence-electron chi connectivity index (χ4n) is 4.57. The van der Waals surface area contributed by atoms with Crippen molar-refractivity contribution in [2.45, 2.75) is 32.4 Å². The first-order chi connectivity index (χ1) is 12.2. The molecule has 0 spiro atoms. The predicted molar refractivity (Wildman–Crippen MR) is 94.1 cm³/mol. The first-order valence-electron chi connectivity index (χ1n) is 9.00. The molecule has 0 aromatic heterocycles. The number of aliphatic carboxylic acids is 1. The van der Waals surface area contributed by atoms with Gasteiger partial charge in [-0.25, -0.2) is 4.79 Å². The number of carbonyl (C=O) groups is 2. The van der Waals surface area contributed by atoms with Crippen molar-refractivity contribution in [3.63, 3.8) is 0 Å². The summed E-state index contributed by atoms with van der Waals surface area (Å²) < 4.78 is 0. The minimum Gasteiger partial charge on any atom is -0.477 e. The largest absolute Gasteiger partial charge is 0.477 e. The molecule has 0 saturated carbocycles. The van der Waals surface area contributed by atoms with Crippen molar-refractivity contribution in [1.29, 1.82) is 5.41 Å². The number of aliphatic hydroxyl groups is 1. The third-order valence-corrected chi connectivity index (χ3v) is 5.86. The maximum Gasteiger partial charge on any atom is 0.352 e. The number of guanidine groups is 1. The molecule has 5 atom stereocenters. The van der Waals surface area contributed by atoms with Gasteiger partial charge in [0.1, 0.15) is 5.70 Å². The number of nitrogens with one attached hydrogen (secondary N) is 2. The Morgan fingerprint density at radius 3 is 2.77 bits per heavy atom. The van der Waals surface area contributed by atoms with Crippen LogP contribution in [0.3, 0.4) is 0 Å². The lowest BCUT2D eigenvalue weighted by atomic mass is 9.77. The number of amides is 1. The van der Waals surface area contributed by atoms with E-state index in [1.54, 1.807) is 6.92 Å². The molecule has 0 bridgehead atoms. The number of hydrogen-bond donors (Lipinski definition) is 5. The molecule has 6 N–H and O–H groups in total. The number of likely N-dealkylation sites (tertiary alicyclic amines) is 1. The Balaban J connectivity index is 1.72. The minimum absolute atomic E-state index is 0.0456. The number of fused-ring (bicyclic) bond motifs is 1. The third kappa shape index (κ3) is 3.05. The second-order valence-corrected chi connectivity index (χ2v) is 7.62. The highest BCUT2D eigenvalue weighted by Gasteiger charge is 2.59. The van der Waals surface area contributed by atoms with Crippen LogP contribution in [0.4, 0.5) is 0 Å². The zero-order chi connectivity index (χ0) is 19.2. The minimum atomic E-state index is -1.08. The summed E-state index contributed by atoms with van der Waals surface area (Å²) in [5.41, 5.74) is 6.18. The number of hydrogen-bond acceptors (Lipinski definition) is 5. The van der Waals surface area contributed by atoms with E-state index in [4.69, 9.17) is 11.1 Å². The molecule has 0 aromatic rings. The molecule has 3 heterocycles. The van der Waals surface area contributed by atoms with Crippen molar-refractivity contribution in [1.82, 2.24) is 15.1 Å². The molecule has 0 radical (unpaired) electrons. The molecule has 0 aromatic carbocycles. The summed E-state index contributed by atoms with van der Waals surface area (Å²) in [7, 11) is 0. The summed E-state index contributed by atoms with van der Waals surface area (Å²) in [5, 5.41) is 29.6. The summed E-state index contributed by atoms with van der Waals surface area (Å²) in [6, 6.07) is -0.263. The Bertz CT molecular complexity index is 662. The Hall–Kier alpha value is -2.13. The van der Waals surface area contributed by atoms with Crippen molar-refractivity contribution in [3.8, 4) is 0 Å². The van der Waals surface area contributed by atoms with Gasteiger partial charge in [-0.1, -0.05) is 6.92 Å². The number of carboxylic acid groups (broad SMARTS) is 1. The standard InChI is InChI=1S/C17H27N5O4/c1-8-11(7-21-4-3-10(6-21)5-20-17(18)19)14(16(25)26)22-13(8)12(9(2)23)15(22)24/h8-10,12-13,23H,3-7H2,1-2H3,(H,25,26)(H4,18,19,20)/t8-,9+,10+,12?,13?/m0/s1. The molecule has 26 heavy (non-hydrogen) atoms. The summed E-state index contributed by atoms with van der Waals surface area (Å²) >= 11 is 0. The van der Waals surface area contributed by atoms with Crippen molar-refractivity contribution in [2.75, 3.05) is 26.2 Å². The van der Waals surface area contributed by atoms with E-state index in [2.05, 4.69) is 10.2 Å². The van der Waals surface area contributed by atoms with Crippen LogP contribution in [-0.4, -0.2) is 76.2 Å². The maximum atomic E-state index is 12.3. The number of carbonyl (C=O) groups excluding carboxylic acids is 1. The van der Waals surface area contributed by atoms with E-state index in [1.807, 2.05) is 6.92 Å². The Labute approximate surface area is 152 Å². The monoisotopic (exact) mass is 365 g/mol. The van der Waals surface area contributed by atoms with Crippen LogP contribution in [0.5, 0.6) is 0 Å². The molecular formula is C17H27N5O4. The first-order valence-corrected chi connectivity index (χ1v) is 9.00. The number of β-lactam (4-membered cyclic amide) rings is 1. The molecular weight excluding hydrogens is 338 g/mol. The van der Waals surface area contributed by atoms with Gasteiger partial charge in [-0.3, -0.25) is 15.1 Å². The molecule has 9 heteroatoms. The molecule has 9 nitrogen and oxygen atoms in total. The molecule has 3 rings (SSSR count). The topological polar surface area (TPSA) is 143 Å². The highest BCUT2D eigenvalue weighted by Crippen LogP contribution is 2.47. The van der Waals surface area contributed by atoms with Crippen LogP contribution in [0.2, 0.25) is 0 Å². The SMILES string of the molecule is C[C@@H](O)C1C(=O)N2C(C(=O)O)=C(CN3CC[C@H](CNC(=N)N)C3)[C@H](C)C12. The molecule has 1 amide bonds. The molecule has 2 unspecified atom stereocenters. The van der Waals surface area contributed by atoms with Gasteiger partial charge in [0.2, 0.25) is 5.91 Å². The van der Waals surface area contributed by atoms with Crippen LogP contribution in [0.15, 0.2) is 11.3 Å². The lowest BCUT2D eigenvalue weighted by molar-refractivity contribution is -0.163. The molecule has 3 aliphatic rings. The van der Waals surface area contributed by atoms with Crippen molar-refractivity contribution < 1.29 is 19.8 Å². The molecule has 2 fully saturated rings. The first kappa shape index (κ1) is 18.7. The van der Waals surface area contributed by atoms with E-state index in [0.717, 1.165) is 25.1 Å². The van der Waals surface area contributed by atoms with E-state index in [0.29, 0.717) is 19.0 Å². The van der Waals surface area contributed by atoms with E-state index >= 15 is 0 Å². The van der Waals surface area contributed by atoms with Crippen LogP contribution in [0.25, 0.3) is 0 Å². The number of rotatable bonds is 6. The lowest BCUT2D eigenvalue weighted by Gasteiger charge is -2.46. The van der Waals surface area contributed by atoms with Crippen LogP contribution >= 0.6 is 0 Å². The maximum absolute atomic E-state index is 12.3. The number of aliphatic hydroxyl groups excluding tert-OH is 1. The molecule has 0 aliphatic carbocycles. The van der Waals surface area contributed by atoms with Gasteiger partial charge in [0, 0.05) is 25.6 Å². The lowest BCUT2D eigenvalue weighted by Crippen LogP contribution is -2.63. The summed E-state index contributed by atoms with van der Waals surface area (Å²) in [6.07, 6.45) is 0.168. The van der Waals surface area contributed by atoms with Crippen LogP contribution in [-0.2, 0) is 9.59 Å². The van der Waals surface area contributed by atoms with Crippen molar-refractivity contribution >= 4 is 17.8 Å². The quantitative estimate of drug-likeness (QED) is 0.230. The van der Waals surface area contributed by atoms with Crippen LogP contribution in [0, 0.1) is 23.2 Å². The van der Waals surface area contributed by atoms with Crippen molar-refractivity contribution in [3.05, 3.63) is 11.3 Å². The van der Waals surface area contributed by atoms with E-state index in [-0.39, 0.29) is 29.5 Å². The number of nitrogens with two attached hydrogens (primary N) is 1. The smallest absolute Gasteiger partial charge is 0.352 e. The summed E-state index contributed by atoms with van der Waals surface area (Å²) in [5.74, 6) is -1.69. The zero-order valence-electron chi connectivity index (χ0n) is 15.1. The third-order valence-electron chi connectivity index (χ3n) is 5.86. The average Bonchev–Trinajstić information content (AvgIpc) is 3.08. The molecule has 144 valence electrons. The number of nitrogens with zero attached hydrogens (tertiary/aromatic N) is 2. The van der Waals surface area contributed by atoms with Gasteiger partial charge in [0.25, 0.3) is 0 Å². The van der Waals surface area contributed by atoms with Gasteiger partial charge in [-0.05, 0) is 31.4 Å². The van der Waals surface area contributed by atoms with Gasteiger partial charge in [0.05, 0.1) is 18.1 Å². The molecule has 3 aliphatic heterocycles. The number of carboxylic acids is 1. The van der Waals surface area contributed by atoms with Crippen LogP contribution < -0.4 is 11.1 Å². The van der Waals surface area contributed by atoms with E-state index in [9.17, 15) is 19.8 Å². The second kappa shape index (κ2) is 6.88. The summed E-state index contributed by atoms with van der Waals surface area (Å²) in [4.78, 5) is 27.7. The highest BCUT2D eigenvalue weighted by atomic mass is 16.4. The fourth-order valence-corrected chi connectivity index (χ4v) is 4.57. The fraction of sp³-hybridized carbons (Fsp3) is 0.706. The van der Waals surface area contributed by atoms with Crippen molar-refractivity contribution in [2.24, 2.45) is 23.5 Å². The average molecular weight is 365 g/mol. The Kier molecular flexibility index (Phi) is 4.94. The zero-order valence-corrected chi connectivity index (χ0v) is 15.1. The highest BCUT2D eigenvalue weighted by molar-refractivity contribution is 6.00. The van der Waals surface area contributed by atoms with Gasteiger partial charge in [-0.15, -0.1) is 0 Å². The van der Waals surface area contributed by atoms with Crippen LogP contribution in [0.1, 0.15) is 20.3 Å². The normalized spacial score (nSPS) is 32.4. The predicted octanol–water partition coefficient (Wildman–Crippen LogP) is -1.01. The van der Waals surface area contributed by atoms with Gasteiger partial charge in [0.15, 0.2) is 5.96 Å². The summed E-state index contributed by atoms with van der Waals surface area (Å²) in [6.45, 7) is 6.29.